The second-order valence-corrected chi connectivity index (χ2v) is 5.17. The molecule has 4 heteroatoms. The van der Waals surface area contributed by atoms with E-state index in [2.05, 4.69) is 38.1 Å². The number of thioether (sulfide) groups is 1. The van der Waals surface area contributed by atoms with Crippen LogP contribution in [0.3, 0.4) is 0 Å². The fourth-order valence-corrected chi connectivity index (χ4v) is 2.24. The lowest BCUT2D eigenvalue weighted by atomic mass is 10.3. The van der Waals surface area contributed by atoms with Crippen molar-refractivity contribution in [3.63, 3.8) is 0 Å². The molecule has 72 valence electrons. The lowest BCUT2D eigenvalue weighted by Crippen LogP contribution is -1.99. The first-order valence-corrected chi connectivity index (χ1v) is 6.79. The predicted octanol–water partition coefficient (Wildman–Crippen LogP) is 3.95. The van der Waals surface area contributed by atoms with Gasteiger partial charge in [0.25, 0.3) is 0 Å². The molecular weight excluding hydrogens is 316 g/mol. The molecule has 0 atom stereocenters. The average Bonchev–Trinajstić information content (AvgIpc) is 2.09. The van der Waals surface area contributed by atoms with Crippen LogP contribution in [0.15, 0.2) is 27.1 Å². The molecule has 0 aliphatic heterocycles. The highest BCUT2D eigenvalue weighted by molar-refractivity contribution is 9.11. The summed E-state index contributed by atoms with van der Waals surface area (Å²) in [4.78, 5) is 0. The van der Waals surface area contributed by atoms with Gasteiger partial charge in [0.05, 0.1) is 11.1 Å². The van der Waals surface area contributed by atoms with Gasteiger partial charge in [-0.2, -0.15) is 11.8 Å². The third kappa shape index (κ3) is 3.92. The Morgan fingerprint density at radius 3 is 2.77 bits per heavy atom. The minimum absolute atomic E-state index is 0.751. The van der Waals surface area contributed by atoms with Gasteiger partial charge in [-0.1, -0.05) is 15.9 Å². The van der Waals surface area contributed by atoms with Crippen molar-refractivity contribution in [2.45, 2.75) is 0 Å². The summed E-state index contributed by atoms with van der Waals surface area (Å²) in [6, 6.07) is 5.90. The first-order valence-electron chi connectivity index (χ1n) is 3.81. The number of hydrogen-bond acceptors (Lipinski definition) is 2. The average molecular weight is 326 g/mol. The zero-order valence-electron chi connectivity index (χ0n) is 7.22. The highest BCUT2D eigenvalue weighted by Crippen LogP contribution is 2.28. The van der Waals surface area contributed by atoms with Crippen molar-refractivity contribution in [2.24, 2.45) is 0 Å². The van der Waals surface area contributed by atoms with Gasteiger partial charge in [0.2, 0.25) is 0 Å². The molecule has 0 heterocycles. The second kappa shape index (κ2) is 5.94. The molecule has 0 aliphatic rings. The minimum atomic E-state index is 0.751. The number of benzene rings is 1. The van der Waals surface area contributed by atoms with Gasteiger partial charge in [0.15, 0.2) is 0 Å². The quantitative estimate of drug-likeness (QED) is 0.775. The molecule has 1 aromatic carbocycles. The summed E-state index contributed by atoms with van der Waals surface area (Å²) in [5, 5.41) is 0. The van der Waals surface area contributed by atoms with E-state index < -0.39 is 0 Å². The van der Waals surface area contributed by atoms with Crippen molar-refractivity contribution in [2.75, 3.05) is 18.6 Å². The van der Waals surface area contributed by atoms with Crippen molar-refractivity contribution < 1.29 is 4.74 Å². The molecule has 0 fully saturated rings. The molecule has 0 spiro atoms. The Morgan fingerprint density at radius 1 is 1.38 bits per heavy atom. The summed E-state index contributed by atoms with van der Waals surface area (Å²) in [6.07, 6.45) is 2.07. The monoisotopic (exact) mass is 324 g/mol. The Balaban J connectivity index is 2.56. The third-order valence-corrected chi connectivity index (χ3v) is 3.13. The molecule has 0 bridgehead atoms. The first-order chi connectivity index (χ1) is 6.24. The standard InChI is InChI=1S/C9H10Br2OS/c1-13-5-4-12-9-3-2-7(10)6-8(9)11/h2-3,6H,4-5H2,1H3. The van der Waals surface area contributed by atoms with Gasteiger partial charge in [-0.3, -0.25) is 0 Å². The van der Waals surface area contributed by atoms with Gasteiger partial charge in [-0.05, 0) is 40.4 Å². The van der Waals surface area contributed by atoms with E-state index in [4.69, 9.17) is 4.74 Å². The molecule has 0 aliphatic carbocycles. The van der Waals surface area contributed by atoms with Crippen molar-refractivity contribution in [3.8, 4) is 5.75 Å². The van der Waals surface area contributed by atoms with E-state index in [-0.39, 0.29) is 0 Å². The Hall–Kier alpha value is 0.330. The van der Waals surface area contributed by atoms with Crippen LogP contribution in [-0.2, 0) is 0 Å². The first kappa shape index (κ1) is 11.4. The fraction of sp³-hybridized carbons (Fsp3) is 0.333. The highest BCUT2D eigenvalue weighted by atomic mass is 79.9. The van der Waals surface area contributed by atoms with Gasteiger partial charge in [0.1, 0.15) is 5.75 Å². The normalized spacial score (nSPS) is 10.1. The van der Waals surface area contributed by atoms with E-state index in [0.29, 0.717) is 0 Å². The van der Waals surface area contributed by atoms with Crippen LogP contribution in [0, 0.1) is 0 Å². The van der Waals surface area contributed by atoms with E-state index in [1.165, 1.54) is 0 Å². The van der Waals surface area contributed by atoms with Crippen LogP contribution in [-0.4, -0.2) is 18.6 Å². The topological polar surface area (TPSA) is 9.23 Å². The maximum absolute atomic E-state index is 5.54. The summed E-state index contributed by atoms with van der Waals surface area (Å²) in [7, 11) is 0. The summed E-state index contributed by atoms with van der Waals surface area (Å²) < 4.78 is 7.58. The molecule has 0 radical (unpaired) electrons. The highest BCUT2D eigenvalue weighted by Gasteiger charge is 2.00. The van der Waals surface area contributed by atoms with Crippen LogP contribution in [0.5, 0.6) is 5.75 Å². The molecule has 1 aromatic rings. The van der Waals surface area contributed by atoms with Gasteiger partial charge in [-0.15, -0.1) is 0 Å². The SMILES string of the molecule is CSCCOc1ccc(Br)cc1Br. The summed E-state index contributed by atoms with van der Waals surface area (Å²) in [5.41, 5.74) is 0. The smallest absolute Gasteiger partial charge is 0.133 e. The summed E-state index contributed by atoms with van der Waals surface area (Å²) in [6.45, 7) is 0.751. The molecule has 0 amide bonds. The van der Waals surface area contributed by atoms with E-state index in [0.717, 1.165) is 27.1 Å². The minimum Gasteiger partial charge on any atom is -0.492 e. The van der Waals surface area contributed by atoms with Crippen LogP contribution in [0.1, 0.15) is 0 Å². The number of halogens is 2. The molecule has 0 N–H and O–H groups in total. The Kier molecular flexibility index (Phi) is 5.21. The third-order valence-electron chi connectivity index (χ3n) is 1.44. The van der Waals surface area contributed by atoms with Crippen molar-refractivity contribution >= 4 is 43.6 Å². The van der Waals surface area contributed by atoms with E-state index in [9.17, 15) is 0 Å². The zero-order valence-corrected chi connectivity index (χ0v) is 11.2. The van der Waals surface area contributed by atoms with Gasteiger partial charge in [0, 0.05) is 10.2 Å². The molecule has 1 rings (SSSR count). The molecular formula is C9H10Br2OS. The van der Waals surface area contributed by atoms with Crippen LogP contribution in [0.25, 0.3) is 0 Å². The lowest BCUT2D eigenvalue weighted by Gasteiger charge is -2.07. The molecule has 0 unspecified atom stereocenters. The predicted molar refractivity (Wildman–Crippen MR) is 65.7 cm³/mol. The van der Waals surface area contributed by atoms with E-state index >= 15 is 0 Å². The van der Waals surface area contributed by atoms with Gasteiger partial charge < -0.3 is 4.74 Å². The summed E-state index contributed by atoms with van der Waals surface area (Å²) in [5.74, 6) is 1.92. The van der Waals surface area contributed by atoms with Crippen LogP contribution >= 0.6 is 43.6 Å². The van der Waals surface area contributed by atoms with Crippen LogP contribution in [0.2, 0.25) is 0 Å². The molecule has 13 heavy (non-hydrogen) atoms. The number of rotatable bonds is 4. The fourth-order valence-electron chi connectivity index (χ4n) is 0.827. The van der Waals surface area contributed by atoms with Crippen molar-refractivity contribution in [1.82, 2.24) is 0 Å². The van der Waals surface area contributed by atoms with E-state index in [1.54, 1.807) is 11.8 Å². The maximum atomic E-state index is 5.54. The molecule has 1 nitrogen and oxygen atoms in total. The van der Waals surface area contributed by atoms with Gasteiger partial charge >= 0.3 is 0 Å². The van der Waals surface area contributed by atoms with Crippen LogP contribution in [0.4, 0.5) is 0 Å². The molecule has 0 saturated carbocycles. The van der Waals surface area contributed by atoms with Crippen LogP contribution < -0.4 is 4.74 Å². The van der Waals surface area contributed by atoms with Crippen molar-refractivity contribution in [1.29, 1.82) is 0 Å². The van der Waals surface area contributed by atoms with Crippen molar-refractivity contribution in [3.05, 3.63) is 27.1 Å². The Labute approximate surface area is 99.5 Å². The second-order valence-electron chi connectivity index (χ2n) is 2.42. The Morgan fingerprint density at radius 2 is 2.15 bits per heavy atom. The zero-order chi connectivity index (χ0) is 9.68. The Bertz CT molecular complexity index is 278. The molecule has 0 saturated heterocycles. The summed E-state index contributed by atoms with van der Waals surface area (Å²) >= 11 is 8.61. The van der Waals surface area contributed by atoms with Gasteiger partial charge in [-0.25, -0.2) is 0 Å². The number of hydrogen-bond donors (Lipinski definition) is 0. The maximum Gasteiger partial charge on any atom is 0.133 e. The largest absolute Gasteiger partial charge is 0.492 e. The number of ether oxygens (including phenoxy) is 1. The van der Waals surface area contributed by atoms with E-state index in [1.807, 2.05) is 18.2 Å². The molecule has 0 aromatic heterocycles. The lowest BCUT2D eigenvalue weighted by molar-refractivity contribution is 0.342.